The average molecular weight is 346 g/mol. The van der Waals surface area contributed by atoms with Crippen LogP contribution in [0, 0.1) is 5.92 Å². The van der Waals surface area contributed by atoms with Gasteiger partial charge in [0.25, 0.3) is 0 Å². The predicted octanol–water partition coefficient (Wildman–Crippen LogP) is 3.54. The molecule has 0 saturated heterocycles. The van der Waals surface area contributed by atoms with Crippen LogP contribution in [-0.2, 0) is 9.53 Å². The van der Waals surface area contributed by atoms with Gasteiger partial charge < -0.3 is 15.2 Å². The Kier molecular flexibility index (Phi) is 6.26. The molecule has 1 fully saturated rings. The van der Waals surface area contributed by atoms with E-state index in [0.717, 1.165) is 9.21 Å². The molecule has 0 bridgehead atoms. The van der Waals surface area contributed by atoms with Crippen LogP contribution in [-0.4, -0.2) is 29.8 Å². The highest BCUT2D eigenvalue weighted by Crippen LogP contribution is 2.33. The first-order valence-electron chi connectivity index (χ1n) is 7.81. The number of hydrogen-bond acceptors (Lipinski definition) is 5. The molecule has 1 heterocycles. The van der Waals surface area contributed by atoms with Crippen molar-refractivity contribution in [2.45, 2.75) is 51.2 Å². The molecule has 2 N–H and O–H groups in total. The molecule has 1 unspecified atom stereocenters. The van der Waals surface area contributed by atoms with Gasteiger partial charge in [0.15, 0.2) is 0 Å². The fourth-order valence-corrected chi connectivity index (χ4v) is 3.92. The first-order chi connectivity index (χ1) is 10.4. The van der Waals surface area contributed by atoms with Crippen LogP contribution in [0.15, 0.2) is 12.1 Å². The van der Waals surface area contributed by atoms with Crippen LogP contribution >= 0.6 is 22.9 Å². The van der Waals surface area contributed by atoms with Gasteiger partial charge >= 0.3 is 5.97 Å². The zero-order valence-corrected chi connectivity index (χ0v) is 14.7. The number of hydrogen-bond donors (Lipinski definition) is 2. The monoisotopic (exact) mass is 345 g/mol. The normalized spacial score (nSPS) is 26.6. The summed E-state index contributed by atoms with van der Waals surface area (Å²) in [7, 11) is 0. The van der Waals surface area contributed by atoms with Gasteiger partial charge in [0.05, 0.1) is 22.5 Å². The second-order valence-electron chi connectivity index (χ2n) is 6.00. The topological polar surface area (TPSA) is 58.6 Å². The van der Waals surface area contributed by atoms with E-state index in [1.54, 1.807) is 11.3 Å². The highest BCUT2D eigenvalue weighted by Gasteiger charge is 2.36. The van der Waals surface area contributed by atoms with Gasteiger partial charge in [-0.2, -0.15) is 0 Å². The van der Waals surface area contributed by atoms with Gasteiger partial charge in [0.2, 0.25) is 0 Å². The van der Waals surface area contributed by atoms with Crippen molar-refractivity contribution in [1.29, 1.82) is 0 Å². The lowest BCUT2D eigenvalue weighted by Crippen LogP contribution is -2.45. The number of esters is 1. The molecule has 0 aromatic carbocycles. The molecule has 1 atom stereocenters. The van der Waals surface area contributed by atoms with Crippen molar-refractivity contribution in [3.63, 3.8) is 0 Å². The summed E-state index contributed by atoms with van der Waals surface area (Å²) in [4.78, 5) is 12.9. The standard InChI is InChI=1S/C16H24ClNO3S/c1-3-21-15(19)12-6-8-16(20,9-7-12)10-18-11(2)13-4-5-14(17)22-13/h4-5,11-12,18,20H,3,6-10H2,1-2H3. The maximum Gasteiger partial charge on any atom is 0.308 e. The van der Waals surface area contributed by atoms with Gasteiger partial charge in [-0.25, -0.2) is 0 Å². The summed E-state index contributed by atoms with van der Waals surface area (Å²) in [5, 5.41) is 14.0. The van der Waals surface area contributed by atoms with Gasteiger partial charge in [-0.05, 0) is 51.7 Å². The Labute approximate surface area is 140 Å². The molecule has 0 radical (unpaired) electrons. The highest BCUT2D eigenvalue weighted by molar-refractivity contribution is 7.16. The Morgan fingerprint density at radius 3 is 2.77 bits per heavy atom. The quantitative estimate of drug-likeness (QED) is 0.774. The van der Waals surface area contributed by atoms with Gasteiger partial charge in [-0.15, -0.1) is 11.3 Å². The molecule has 6 heteroatoms. The number of carbonyl (C=O) groups excluding carboxylic acids is 1. The van der Waals surface area contributed by atoms with E-state index < -0.39 is 5.60 Å². The van der Waals surface area contributed by atoms with Gasteiger partial charge in [-0.3, -0.25) is 4.79 Å². The Balaban J connectivity index is 1.80. The summed E-state index contributed by atoms with van der Waals surface area (Å²) < 4.78 is 5.84. The summed E-state index contributed by atoms with van der Waals surface area (Å²) >= 11 is 7.50. The van der Waals surface area contributed by atoms with Crippen molar-refractivity contribution in [2.75, 3.05) is 13.2 Å². The van der Waals surface area contributed by atoms with Gasteiger partial charge in [0, 0.05) is 17.5 Å². The molecule has 1 aliphatic rings. The summed E-state index contributed by atoms with van der Waals surface area (Å²) in [6, 6.07) is 4.05. The van der Waals surface area contributed by atoms with E-state index in [4.69, 9.17) is 16.3 Å². The molecule has 22 heavy (non-hydrogen) atoms. The van der Waals surface area contributed by atoms with E-state index in [1.807, 2.05) is 19.1 Å². The third kappa shape index (κ3) is 4.69. The molecule has 4 nitrogen and oxygen atoms in total. The van der Waals surface area contributed by atoms with Crippen molar-refractivity contribution in [3.8, 4) is 0 Å². The molecule has 2 rings (SSSR count). The molecule has 1 aromatic heterocycles. The molecule has 124 valence electrons. The zero-order chi connectivity index (χ0) is 16.2. The molecule has 0 amide bonds. The van der Waals surface area contributed by atoms with E-state index in [1.165, 1.54) is 0 Å². The molecular formula is C16H24ClNO3S. The van der Waals surface area contributed by atoms with Crippen LogP contribution < -0.4 is 5.32 Å². The second-order valence-corrected chi connectivity index (χ2v) is 7.74. The largest absolute Gasteiger partial charge is 0.466 e. The minimum Gasteiger partial charge on any atom is -0.466 e. The van der Waals surface area contributed by atoms with Crippen molar-refractivity contribution in [2.24, 2.45) is 5.92 Å². The van der Waals surface area contributed by atoms with Crippen LogP contribution in [0.1, 0.15) is 50.4 Å². The van der Waals surface area contributed by atoms with Crippen molar-refractivity contribution < 1.29 is 14.6 Å². The molecule has 0 spiro atoms. The van der Waals surface area contributed by atoms with Gasteiger partial charge in [0.1, 0.15) is 0 Å². The van der Waals surface area contributed by atoms with E-state index in [0.29, 0.717) is 38.8 Å². The number of nitrogens with one attached hydrogen (secondary N) is 1. The van der Waals surface area contributed by atoms with E-state index in [2.05, 4.69) is 12.2 Å². The Hall–Kier alpha value is -0.620. The Morgan fingerprint density at radius 1 is 1.55 bits per heavy atom. The van der Waals surface area contributed by atoms with Crippen LogP contribution in [0.5, 0.6) is 0 Å². The summed E-state index contributed by atoms with van der Waals surface area (Å²) in [6.45, 7) is 4.83. The van der Waals surface area contributed by atoms with Crippen molar-refractivity contribution in [3.05, 3.63) is 21.3 Å². The van der Waals surface area contributed by atoms with Crippen LogP contribution in [0.2, 0.25) is 4.34 Å². The fourth-order valence-electron chi connectivity index (χ4n) is 2.83. The Bertz CT molecular complexity index is 497. The number of aliphatic hydroxyl groups is 1. The van der Waals surface area contributed by atoms with Crippen molar-refractivity contribution >= 4 is 28.9 Å². The Morgan fingerprint density at radius 2 is 2.23 bits per heavy atom. The predicted molar refractivity (Wildman–Crippen MR) is 89.3 cm³/mol. The minimum absolute atomic E-state index is 0.0613. The smallest absolute Gasteiger partial charge is 0.308 e. The SMILES string of the molecule is CCOC(=O)C1CCC(O)(CNC(C)c2ccc(Cl)s2)CC1. The van der Waals surface area contributed by atoms with Crippen LogP contribution in [0.4, 0.5) is 0 Å². The third-order valence-corrected chi connectivity index (χ3v) is 5.71. The van der Waals surface area contributed by atoms with Crippen LogP contribution in [0.25, 0.3) is 0 Å². The van der Waals surface area contributed by atoms with E-state index >= 15 is 0 Å². The summed E-state index contributed by atoms with van der Waals surface area (Å²) in [5.74, 6) is -0.187. The number of carbonyl (C=O) groups is 1. The second kappa shape index (κ2) is 7.77. The summed E-state index contributed by atoms with van der Waals surface area (Å²) in [6.07, 6.45) is 2.63. The third-order valence-electron chi connectivity index (χ3n) is 4.29. The zero-order valence-electron chi connectivity index (χ0n) is 13.1. The molecule has 1 aliphatic carbocycles. The number of halogens is 1. The summed E-state index contributed by atoms with van der Waals surface area (Å²) in [5.41, 5.74) is -0.738. The fraction of sp³-hybridized carbons (Fsp3) is 0.688. The first kappa shape index (κ1) is 17.7. The van der Waals surface area contributed by atoms with E-state index in [9.17, 15) is 9.90 Å². The molecular weight excluding hydrogens is 322 g/mol. The maximum atomic E-state index is 11.7. The number of ether oxygens (including phenoxy) is 1. The lowest BCUT2D eigenvalue weighted by Gasteiger charge is -2.36. The number of thiophene rings is 1. The molecule has 0 aliphatic heterocycles. The average Bonchev–Trinajstić information content (AvgIpc) is 2.92. The van der Waals surface area contributed by atoms with Crippen LogP contribution in [0.3, 0.4) is 0 Å². The van der Waals surface area contributed by atoms with E-state index in [-0.39, 0.29) is 17.9 Å². The highest BCUT2D eigenvalue weighted by atomic mass is 35.5. The van der Waals surface area contributed by atoms with Crippen molar-refractivity contribution in [1.82, 2.24) is 5.32 Å². The maximum absolute atomic E-state index is 11.7. The lowest BCUT2D eigenvalue weighted by molar-refractivity contribution is -0.151. The first-order valence-corrected chi connectivity index (χ1v) is 9.00. The lowest BCUT2D eigenvalue weighted by atomic mass is 9.78. The van der Waals surface area contributed by atoms with Gasteiger partial charge in [-0.1, -0.05) is 11.6 Å². The minimum atomic E-state index is -0.738. The molecule has 1 saturated carbocycles. The number of rotatable bonds is 6. The molecule has 1 aromatic rings.